The molecule has 2 rings (SSSR count). The molecule has 2 heterocycles. The van der Waals surface area contributed by atoms with Gasteiger partial charge in [0.25, 0.3) is 0 Å². The SMILES string of the molecule is CCC1CN(c2ncc(Br)cc2Cl)CCN1C. The fraction of sp³-hybridized carbons (Fsp3) is 0.583. The highest BCUT2D eigenvalue weighted by molar-refractivity contribution is 9.10. The summed E-state index contributed by atoms with van der Waals surface area (Å²) in [7, 11) is 2.18. The van der Waals surface area contributed by atoms with Gasteiger partial charge in [-0.1, -0.05) is 18.5 Å². The van der Waals surface area contributed by atoms with Gasteiger partial charge in [0.05, 0.1) is 5.02 Å². The van der Waals surface area contributed by atoms with E-state index < -0.39 is 0 Å². The molecule has 5 heteroatoms. The molecular formula is C12H17BrClN3. The quantitative estimate of drug-likeness (QED) is 0.835. The van der Waals surface area contributed by atoms with Crippen molar-refractivity contribution in [2.45, 2.75) is 19.4 Å². The number of rotatable bonds is 2. The number of piperazine rings is 1. The minimum absolute atomic E-state index is 0.588. The molecule has 0 saturated carbocycles. The first-order valence-corrected chi connectivity index (χ1v) is 7.05. The normalized spacial score (nSPS) is 21.9. The molecule has 1 saturated heterocycles. The largest absolute Gasteiger partial charge is 0.353 e. The Labute approximate surface area is 116 Å². The summed E-state index contributed by atoms with van der Waals surface area (Å²) in [4.78, 5) is 9.11. The molecule has 1 atom stereocenters. The summed E-state index contributed by atoms with van der Waals surface area (Å²) in [6, 6.07) is 2.49. The van der Waals surface area contributed by atoms with Gasteiger partial charge in [-0.05, 0) is 35.5 Å². The van der Waals surface area contributed by atoms with Crippen molar-refractivity contribution in [3.63, 3.8) is 0 Å². The van der Waals surface area contributed by atoms with Gasteiger partial charge in [-0.3, -0.25) is 4.90 Å². The van der Waals surface area contributed by atoms with Gasteiger partial charge in [0.1, 0.15) is 5.82 Å². The van der Waals surface area contributed by atoms with Crippen LogP contribution in [-0.2, 0) is 0 Å². The Morgan fingerprint density at radius 2 is 2.29 bits per heavy atom. The van der Waals surface area contributed by atoms with E-state index in [-0.39, 0.29) is 0 Å². The number of pyridine rings is 1. The lowest BCUT2D eigenvalue weighted by Gasteiger charge is -2.39. The van der Waals surface area contributed by atoms with E-state index in [2.05, 4.69) is 44.7 Å². The van der Waals surface area contributed by atoms with E-state index in [1.54, 1.807) is 6.20 Å². The Balaban J connectivity index is 2.17. The highest BCUT2D eigenvalue weighted by Crippen LogP contribution is 2.28. The Hall–Kier alpha value is -0.320. The molecular weight excluding hydrogens is 302 g/mol. The van der Waals surface area contributed by atoms with Gasteiger partial charge in [0, 0.05) is 36.3 Å². The van der Waals surface area contributed by atoms with E-state index in [9.17, 15) is 0 Å². The Morgan fingerprint density at radius 1 is 1.53 bits per heavy atom. The van der Waals surface area contributed by atoms with Crippen LogP contribution in [0.1, 0.15) is 13.3 Å². The monoisotopic (exact) mass is 317 g/mol. The van der Waals surface area contributed by atoms with Gasteiger partial charge in [0.2, 0.25) is 0 Å². The molecule has 0 amide bonds. The summed E-state index contributed by atoms with van der Waals surface area (Å²) in [6.45, 7) is 5.27. The van der Waals surface area contributed by atoms with Gasteiger partial charge in [-0.15, -0.1) is 0 Å². The number of halogens is 2. The molecule has 1 aromatic heterocycles. The molecule has 17 heavy (non-hydrogen) atoms. The van der Waals surface area contributed by atoms with Gasteiger partial charge >= 0.3 is 0 Å². The molecule has 0 N–H and O–H groups in total. The fourth-order valence-corrected chi connectivity index (χ4v) is 2.97. The maximum Gasteiger partial charge on any atom is 0.147 e. The van der Waals surface area contributed by atoms with Crippen molar-refractivity contribution in [3.8, 4) is 0 Å². The van der Waals surface area contributed by atoms with Crippen molar-refractivity contribution in [3.05, 3.63) is 21.8 Å². The van der Waals surface area contributed by atoms with E-state index in [0.717, 1.165) is 41.4 Å². The van der Waals surface area contributed by atoms with Crippen LogP contribution in [0, 0.1) is 0 Å². The van der Waals surface area contributed by atoms with Crippen molar-refractivity contribution in [2.24, 2.45) is 0 Å². The van der Waals surface area contributed by atoms with Crippen LogP contribution < -0.4 is 4.90 Å². The van der Waals surface area contributed by atoms with Crippen LogP contribution >= 0.6 is 27.5 Å². The van der Waals surface area contributed by atoms with E-state index in [1.165, 1.54) is 0 Å². The van der Waals surface area contributed by atoms with Gasteiger partial charge in [-0.2, -0.15) is 0 Å². The second kappa shape index (κ2) is 5.55. The molecule has 0 radical (unpaired) electrons. The molecule has 1 unspecified atom stereocenters. The van der Waals surface area contributed by atoms with Crippen LogP contribution in [0.15, 0.2) is 16.7 Å². The van der Waals surface area contributed by atoms with Crippen molar-refractivity contribution in [2.75, 3.05) is 31.6 Å². The highest BCUT2D eigenvalue weighted by atomic mass is 79.9. The van der Waals surface area contributed by atoms with Crippen molar-refractivity contribution in [1.29, 1.82) is 0 Å². The van der Waals surface area contributed by atoms with Crippen molar-refractivity contribution < 1.29 is 0 Å². The predicted octanol–water partition coefficient (Wildman–Crippen LogP) is 3.03. The van der Waals surface area contributed by atoms with Crippen LogP contribution in [0.5, 0.6) is 0 Å². The number of likely N-dealkylation sites (N-methyl/N-ethyl adjacent to an activating group) is 1. The number of anilines is 1. The first-order chi connectivity index (χ1) is 8.11. The van der Waals surface area contributed by atoms with Crippen LogP contribution in [0.2, 0.25) is 5.02 Å². The maximum absolute atomic E-state index is 6.24. The van der Waals surface area contributed by atoms with Crippen LogP contribution in [-0.4, -0.2) is 42.6 Å². The first kappa shape index (κ1) is 13.1. The average Bonchev–Trinajstić information content (AvgIpc) is 2.30. The molecule has 1 fully saturated rings. The Bertz CT molecular complexity index is 399. The second-order valence-corrected chi connectivity index (χ2v) is 5.77. The molecule has 0 aliphatic carbocycles. The zero-order valence-electron chi connectivity index (χ0n) is 10.2. The molecule has 3 nitrogen and oxygen atoms in total. The number of hydrogen-bond acceptors (Lipinski definition) is 3. The molecule has 1 aromatic rings. The topological polar surface area (TPSA) is 19.4 Å². The van der Waals surface area contributed by atoms with Gasteiger partial charge < -0.3 is 4.90 Å². The fourth-order valence-electron chi connectivity index (χ4n) is 2.22. The first-order valence-electron chi connectivity index (χ1n) is 5.88. The molecule has 1 aliphatic heterocycles. The summed E-state index contributed by atoms with van der Waals surface area (Å²) < 4.78 is 0.924. The zero-order chi connectivity index (χ0) is 12.4. The smallest absolute Gasteiger partial charge is 0.147 e. The minimum Gasteiger partial charge on any atom is -0.353 e. The third-order valence-electron chi connectivity index (χ3n) is 3.34. The van der Waals surface area contributed by atoms with Gasteiger partial charge in [0.15, 0.2) is 0 Å². The average molecular weight is 319 g/mol. The van der Waals surface area contributed by atoms with E-state index in [4.69, 9.17) is 11.6 Å². The molecule has 0 bridgehead atoms. The number of aromatic nitrogens is 1. The maximum atomic E-state index is 6.24. The molecule has 0 spiro atoms. The van der Waals surface area contributed by atoms with E-state index in [0.29, 0.717) is 6.04 Å². The predicted molar refractivity (Wildman–Crippen MR) is 75.9 cm³/mol. The third kappa shape index (κ3) is 2.92. The minimum atomic E-state index is 0.588. The van der Waals surface area contributed by atoms with Crippen molar-refractivity contribution >= 4 is 33.3 Å². The Kier molecular flexibility index (Phi) is 4.28. The van der Waals surface area contributed by atoms with Crippen LogP contribution in [0.3, 0.4) is 0 Å². The van der Waals surface area contributed by atoms with E-state index >= 15 is 0 Å². The lowest BCUT2D eigenvalue weighted by molar-refractivity contribution is 0.213. The summed E-state index contributed by atoms with van der Waals surface area (Å²) in [5.41, 5.74) is 0. The summed E-state index contributed by atoms with van der Waals surface area (Å²) >= 11 is 9.62. The Morgan fingerprint density at radius 3 is 2.94 bits per heavy atom. The standard InChI is InChI=1S/C12H17BrClN3/c1-3-10-8-17(5-4-16(10)2)12-11(14)6-9(13)7-15-12/h6-7,10H,3-5,8H2,1-2H3. The van der Waals surface area contributed by atoms with Crippen molar-refractivity contribution in [1.82, 2.24) is 9.88 Å². The second-order valence-electron chi connectivity index (χ2n) is 4.45. The number of nitrogens with zero attached hydrogens (tertiary/aromatic N) is 3. The lowest BCUT2D eigenvalue weighted by Crippen LogP contribution is -2.51. The summed E-state index contributed by atoms with van der Waals surface area (Å²) in [5.74, 6) is 0.904. The van der Waals surface area contributed by atoms with Gasteiger partial charge in [-0.25, -0.2) is 4.98 Å². The van der Waals surface area contributed by atoms with E-state index in [1.807, 2.05) is 6.07 Å². The van der Waals surface area contributed by atoms with Crippen LogP contribution in [0.25, 0.3) is 0 Å². The number of hydrogen-bond donors (Lipinski definition) is 0. The summed E-state index contributed by atoms with van der Waals surface area (Å²) in [5, 5.41) is 0.721. The molecule has 0 aromatic carbocycles. The summed E-state index contributed by atoms with van der Waals surface area (Å²) in [6.07, 6.45) is 2.96. The highest BCUT2D eigenvalue weighted by Gasteiger charge is 2.24. The lowest BCUT2D eigenvalue weighted by atomic mass is 10.1. The molecule has 1 aliphatic rings. The van der Waals surface area contributed by atoms with Crippen LogP contribution in [0.4, 0.5) is 5.82 Å². The molecule has 94 valence electrons. The third-order valence-corrected chi connectivity index (χ3v) is 4.05. The zero-order valence-corrected chi connectivity index (χ0v) is 12.5.